The van der Waals surface area contributed by atoms with Crippen molar-refractivity contribution in [1.82, 2.24) is 0 Å². The van der Waals surface area contributed by atoms with Crippen molar-refractivity contribution in [3.8, 4) is 0 Å². The van der Waals surface area contributed by atoms with Gasteiger partial charge < -0.3 is 10.5 Å². The van der Waals surface area contributed by atoms with Crippen LogP contribution in [0.2, 0.25) is 13.1 Å². The Bertz CT molecular complexity index is 535. The molecule has 0 unspecified atom stereocenters. The van der Waals surface area contributed by atoms with Gasteiger partial charge in [-0.3, -0.25) is 4.90 Å². The van der Waals surface area contributed by atoms with E-state index < -0.39 is 13.7 Å². The van der Waals surface area contributed by atoms with Crippen molar-refractivity contribution in [3.63, 3.8) is 0 Å². The number of benzene rings is 1. The molecule has 20 heavy (non-hydrogen) atoms. The van der Waals surface area contributed by atoms with Crippen LogP contribution in [0.1, 0.15) is 26.3 Å². The first-order valence-electron chi connectivity index (χ1n) is 6.96. The molecule has 1 aliphatic heterocycles. The molecule has 1 amide bonds. The molecular formula is C15H24N2O2Si. The molecule has 0 radical (unpaired) electrons. The van der Waals surface area contributed by atoms with Gasteiger partial charge in [0.25, 0.3) is 0 Å². The van der Waals surface area contributed by atoms with E-state index in [1.54, 1.807) is 4.90 Å². The summed E-state index contributed by atoms with van der Waals surface area (Å²) < 4.78 is 5.54. The molecule has 0 aromatic heterocycles. The number of nitrogen functional groups attached to an aromatic ring is 1. The minimum absolute atomic E-state index is 0.273. The summed E-state index contributed by atoms with van der Waals surface area (Å²) >= 11 is 0. The van der Waals surface area contributed by atoms with E-state index in [1.807, 2.05) is 39.0 Å². The summed E-state index contributed by atoms with van der Waals surface area (Å²) in [7, 11) is -1.48. The Kier molecular flexibility index (Phi) is 3.58. The fourth-order valence-corrected chi connectivity index (χ4v) is 5.14. The number of hydrogen-bond acceptors (Lipinski definition) is 3. The predicted octanol–water partition coefficient (Wildman–Crippen LogP) is 3.35. The van der Waals surface area contributed by atoms with Crippen LogP contribution < -0.4 is 10.6 Å². The van der Waals surface area contributed by atoms with Crippen molar-refractivity contribution in [2.24, 2.45) is 0 Å². The van der Waals surface area contributed by atoms with E-state index in [4.69, 9.17) is 10.5 Å². The topological polar surface area (TPSA) is 55.6 Å². The predicted molar refractivity (Wildman–Crippen MR) is 85.6 cm³/mol. The normalized spacial score (nSPS) is 17.6. The summed E-state index contributed by atoms with van der Waals surface area (Å²) in [6, 6.07) is 6.89. The Morgan fingerprint density at radius 3 is 2.60 bits per heavy atom. The quantitative estimate of drug-likeness (QED) is 0.589. The molecule has 2 N–H and O–H groups in total. The number of anilines is 2. The standard InChI is InChI=1S/C15H24N2O2Si/c1-15(2,3)19-14(18)17-10-20(4,5)9-11-6-7-12(16)8-13(11)17/h6-8H,9-10,16H2,1-5H3. The van der Waals surface area contributed by atoms with Gasteiger partial charge in [0.1, 0.15) is 5.60 Å². The van der Waals surface area contributed by atoms with Gasteiger partial charge in [0.05, 0.1) is 13.8 Å². The van der Waals surface area contributed by atoms with Crippen LogP contribution in [0.25, 0.3) is 0 Å². The SMILES string of the molecule is CC(C)(C)OC(=O)N1C[Si](C)(C)Cc2ccc(N)cc21. The third kappa shape index (κ3) is 3.33. The maximum Gasteiger partial charge on any atom is 0.414 e. The van der Waals surface area contributed by atoms with E-state index in [2.05, 4.69) is 13.1 Å². The van der Waals surface area contributed by atoms with Gasteiger partial charge in [0.2, 0.25) is 0 Å². The van der Waals surface area contributed by atoms with Crippen LogP contribution in [0.4, 0.5) is 16.2 Å². The average Bonchev–Trinajstić information content (AvgIpc) is 2.25. The van der Waals surface area contributed by atoms with Crippen molar-refractivity contribution in [3.05, 3.63) is 23.8 Å². The largest absolute Gasteiger partial charge is 0.443 e. The van der Waals surface area contributed by atoms with Crippen LogP contribution >= 0.6 is 0 Å². The molecule has 1 aliphatic rings. The molecule has 0 atom stereocenters. The van der Waals surface area contributed by atoms with E-state index >= 15 is 0 Å². The first kappa shape index (κ1) is 14.9. The van der Waals surface area contributed by atoms with E-state index in [0.717, 1.165) is 17.9 Å². The third-order valence-electron chi connectivity index (χ3n) is 3.27. The highest BCUT2D eigenvalue weighted by Crippen LogP contribution is 2.33. The van der Waals surface area contributed by atoms with E-state index in [-0.39, 0.29) is 6.09 Å². The maximum absolute atomic E-state index is 12.5. The van der Waals surface area contributed by atoms with Gasteiger partial charge >= 0.3 is 6.09 Å². The molecular weight excluding hydrogens is 268 g/mol. The monoisotopic (exact) mass is 292 g/mol. The number of carbonyl (C=O) groups excluding carboxylic acids is 1. The molecule has 1 aromatic carbocycles. The number of ether oxygens (including phenoxy) is 1. The van der Waals surface area contributed by atoms with Crippen molar-refractivity contribution >= 4 is 25.5 Å². The Morgan fingerprint density at radius 2 is 2.00 bits per heavy atom. The van der Waals surface area contributed by atoms with Gasteiger partial charge in [-0.15, -0.1) is 0 Å². The van der Waals surface area contributed by atoms with Gasteiger partial charge in [-0.05, 0) is 44.5 Å². The van der Waals surface area contributed by atoms with Crippen LogP contribution in [0.3, 0.4) is 0 Å². The molecule has 0 fully saturated rings. The lowest BCUT2D eigenvalue weighted by Gasteiger charge is -2.38. The molecule has 2 rings (SSSR count). The van der Waals surface area contributed by atoms with Crippen LogP contribution in [0, 0.1) is 0 Å². The zero-order chi connectivity index (χ0) is 15.1. The summed E-state index contributed by atoms with van der Waals surface area (Å²) in [6.07, 6.45) is 0.503. The number of carbonyl (C=O) groups is 1. The van der Waals surface area contributed by atoms with Crippen molar-refractivity contribution < 1.29 is 9.53 Å². The second kappa shape index (κ2) is 4.81. The van der Waals surface area contributed by atoms with Gasteiger partial charge in [-0.1, -0.05) is 19.2 Å². The van der Waals surface area contributed by atoms with Crippen LogP contribution in [-0.2, 0) is 10.8 Å². The zero-order valence-electron chi connectivity index (χ0n) is 13.0. The molecule has 1 heterocycles. The fraction of sp³-hybridized carbons (Fsp3) is 0.533. The highest BCUT2D eigenvalue weighted by molar-refractivity contribution is 6.78. The Hall–Kier alpha value is -1.49. The summed E-state index contributed by atoms with van der Waals surface area (Å²) in [4.78, 5) is 14.2. The minimum Gasteiger partial charge on any atom is -0.443 e. The van der Waals surface area contributed by atoms with Gasteiger partial charge in [-0.2, -0.15) is 0 Å². The minimum atomic E-state index is -1.48. The molecule has 0 bridgehead atoms. The highest BCUT2D eigenvalue weighted by Gasteiger charge is 2.36. The van der Waals surface area contributed by atoms with E-state index in [1.165, 1.54) is 5.56 Å². The summed E-state index contributed by atoms with van der Waals surface area (Å²) in [5.74, 6) is 0. The average molecular weight is 292 g/mol. The smallest absolute Gasteiger partial charge is 0.414 e. The van der Waals surface area contributed by atoms with Crippen molar-refractivity contribution in [2.45, 2.75) is 45.5 Å². The maximum atomic E-state index is 12.5. The van der Waals surface area contributed by atoms with Crippen molar-refractivity contribution in [1.29, 1.82) is 0 Å². The van der Waals surface area contributed by atoms with E-state index in [9.17, 15) is 4.79 Å². The number of nitrogens with zero attached hydrogens (tertiary/aromatic N) is 1. The Labute approximate surface area is 121 Å². The number of amides is 1. The molecule has 5 heteroatoms. The lowest BCUT2D eigenvalue weighted by atomic mass is 10.1. The Balaban J connectivity index is 2.38. The van der Waals surface area contributed by atoms with E-state index in [0.29, 0.717) is 5.69 Å². The lowest BCUT2D eigenvalue weighted by Crippen LogP contribution is -2.52. The third-order valence-corrected chi connectivity index (χ3v) is 5.78. The first-order chi connectivity index (χ1) is 9.07. The lowest BCUT2D eigenvalue weighted by molar-refractivity contribution is 0.0585. The zero-order valence-corrected chi connectivity index (χ0v) is 14.0. The number of nitrogens with two attached hydrogens (primary N) is 1. The van der Waals surface area contributed by atoms with Gasteiger partial charge in [0, 0.05) is 11.9 Å². The molecule has 110 valence electrons. The molecule has 0 aliphatic carbocycles. The molecule has 0 saturated heterocycles. The number of rotatable bonds is 0. The first-order valence-corrected chi connectivity index (χ1v) is 10.4. The molecule has 1 aromatic rings. The number of fused-ring (bicyclic) bond motifs is 1. The van der Waals surface area contributed by atoms with Crippen molar-refractivity contribution in [2.75, 3.05) is 16.8 Å². The highest BCUT2D eigenvalue weighted by atomic mass is 28.3. The Morgan fingerprint density at radius 1 is 1.35 bits per heavy atom. The van der Waals surface area contributed by atoms with Gasteiger partial charge in [-0.25, -0.2) is 4.79 Å². The van der Waals surface area contributed by atoms with Crippen LogP contribution in [0.5, 0.6) is 0 Å². The van der Waals surface area contributed by atoms with Crippen LogP contribution in [-0.4, -0.2) is 25.9 Å². The number of hydrogen-bond donors (Lipinski definition) is 1. The molecule has 4 nitrogen and oxygen atoms in total. The fourth-order valence-electron chi connectivity index (χ4n) is 2.55. The summed E-state index contributed by atoms with van der Waals surface area (Å²) in [6.45, 7) is 10.3. The second-order valence-electron chi connectivity index (χ2n) is 7.30. The molecule has 0 spiro atoms. The second-order valence-corrected chi connectivity index (χ2v) is 12.3. The molecule has 0 saturated carbocycles. The summed E-state index contributed by atoms with van der Waals surface area (Å²) in [5, 5.41) is 0. The summed E-state index contributed by atoms with van der Waals surface area (Å²) in [5.41, 5.74) is 8.18. The van der Waals surface area contributed by atoms with Crippen LogP contribution in [0.15, 0.2) is 18.2 Å². The van der Waals surface area contributed by atoms with Gasteiger partial charge in [0.15, 0.2) is 0 Å².